The summed E-state index contributed by atoms with van der Waals surface area (Å²) in [5, 5.41) is 2.89. The molecule has 0 spiro atoms. The minimum absolute atomic E-state index is 0.134. The predicted octanol–water partition coefficient (Wildman–Crippen LogP) is 3.94. The summed E-state index contributed by atoms with van der Waals surface area (Å²) >= 11 is 11.9. The third-order valence-electron chi connectivity index (χ3n) is 4.89. The Bertz CT molecular complexity index is 1180. The maximum absolute atomic E-state index is 13.2. The van der Waals surface area contributed by atoms with Gasteiger partial charge in [0.1, 0.15) is 12.6 Å². The molecule has 1 atom stereocenters. The smallest absolute Gasteiger partial charge is 0.357 e. The van der Waals surface area contributed by atoms with Crippen LogP contribution in [0.4, 0.5) is 18.9 Å². The van der Waals surface area contributed by atoms with E-state index in [1.54, 1.807) is 6.07 Å². The average molecular weight is 540 g/mol. The van der Waals surface area contributed by atoms with Crippen molar-refractivity contribution in [2.24, 2.45) is 0 Å². The molecule has 0 saturated carbocycles. The first-order chi connectivity index (χ1) is 15.6. The molecular formula is C21H22Cl2F3N3O4S. The summed E-state index contributed by atoms with van der Waals surface area (Å²) in [6.07, 6.45) is -3.94. The summed E-state index contributed by atoms with van der Waals surface area (Å²) in [6.45, 7) is 0.469. The quantitative estimate of drug-likeness (QED) is 0.550. The molecular weight excluding hydrogens is 518 g/mol. The van der Waals surface area contributed by atoms with Crippen molar-refractivity contribution < 1.29 is 31.2 Å². The van der Waals surface area contributed by atoms with Crippen molar-refractivity contribution in [3.63, 3.8) is 0 Å². The van der Waals surface area contributed by atoms with Gasteiger partial charge >= 0.3 is 6.18 Å². The number of alkyl halides is 3. The van der Waals surface area contributed by atoms with E-state index < -0.39 is 46.2 Å². The number of hydrogen-bond acceptors (Lipinski definition) is 4. The van der Waals surface area contributed by atoms with E-state index in [1.807, 2.05) is 0 Å². The third-order valence-corrected chi connectivity index (χ3v) is 6.77. The molecule has 2 aromatic carbocycles. The van der Waals surface area contributed by atoms with Crippen molar-refractivity contribution in [1.82, 2.24) is 10.2 Å². The summed E-state index contributed by atoms with van der Waals surface area (Å²) in [7, 11) is -2.80. The number of halogens is 5. The maximum atomic E-state index is 13.2. The van der Waals surface area contributed by atoms with Crippen LogP contribution in [0.1, 0.15) is 18.1 Å². The Balaban J connectivity index is 2.45. The van der Waals surface area contributed by atoms with Crippen LogP contribution in [0.25, 0.3) is 0 Å². The van der Waals surface area contributed by atoms with E-state index in [9.17, 15) is 31.2 Å². The van der Waals surface area contributed by atoms with Gasteiger partial charge < -0.3 is 10.2 Å². The van der Waals surface area contributed by atoms with E-state index >= 15 is 0 Å². The molecule has 0 radical (unpaired) electrons. The molecule has 0 aliphatic rings. The number of anilines is 1. The number of amides is 2. The zero-order valence-corrected chi connectivity index (χ0v) is 20.7. The summed E-state index contributed by atoms with van der Waals surface area (Å²) in [5.41, 5.74) is -0.909. The lowest BCUT2D eigenvalue weighted by molar-refractivity contribution is -0.139. The number of hydrogen-bond donors (Lipinski definition) is 1. The van der Waals surface area contributed by atoms with Gasteiger partial charge in [0.15, 0.2) is 0 Å². The van der Waals surface area contributed by atoms with Crippen molar-refractivity contribution in [3.8, 4) is 0 Å². The Kier molecular flexibility index (Phi) is 8.84. The Labute approximate surface area is 205 Å². The third kappa shape index (κ3) is 7.00. The van der Waals surface area contributed by atoms with Crippen molar-refractivity contribution in [2.75, 3.05) is 24.2 Å². The molecule has 0 aromatic heterocycles. The van der Waals surface area contributed by atoms with Gasteiger partial charge in [0.05, 0.1) is 27.6 Å². The van der Waals surface area contributed by atoms with Gasteiger partial charge in [-0.05, 0) is 42.8 Å². The average Bonchev–Trinajstić information content (AvgIpc) is 2.75. The molecule has 0 heterocycles. The highest BCUT2D eigenvalue weighted by molar-refractivity contribution is 7.92. The molecule has 1 N–H and O–H groups in total. The van der Waals surface area contributed by atoms with Crippen molar-refractivity contribution in [2.45, 2.75) is 25.7 Å². The molecule has 0 bridgehead atoms. The normalized spacial score (nSPS) is 12.7. The van der Waals surface area contributed by atoms with Crippen LogP contribution in [0.15, 0.2) is 42.5 Å². The lowest BCUT2D eigenvalue weighted by atomic mass is 10.1. The van der Waals surface area contributed by atoms with Crippen LogP contribution >= 0.6 is 23.2 Å². The fraction of sp³-hybridized carbons (Fsp3) is 0.333. The van der Waals surface area contributed by atoms with Crippen molar-refractivity contribution in [3.05, 3.63) is 63.6 Å². The van der Waals surface area contributed by atoms with Gasteiger partial charge in [-0.2, -0.15) is 13.2 Å². The monoisotopic (exact) mass is 539 g/mol. The molecule has 0 saturated heterocycles. The molecule has 7 nitrogen and oxygen atoms in total. The zero-order valence-electron chi connectivity index (χ0n) is 18.4. The first-order valence-electron chi connectivity index (χ1n) is 9.75. The van der Waals surface area contributed by atoms with Crippen molar-refractivity contribution >= 4 is 50.7 Å². The van der Waals surface area contributed by atoms with Gasteiger partial charge in [0, 0.05) is 13.6 Å². The van der Waals surface area contributed by atoms with Gasteiger partial charge in [-0.25, -0.2) is 8.42 Å². The van der Waals surface area contributed by atoms with Gasteiger partial charge in [0.25, 0.3) is 0 Å². The van der Waals surface area contributed by atoms with E-state index in [-0.39, 0.29) is 22.3 Å². The molecule has 0 aliphatic carbocycles. The van der Waals surface area contributed by atoms with E-state index in [0.717, 1.165) is 29.4 Å². The Morgan fingerprint density at radius 1 is 1.09 bits per heavy atom. The molecule has 1 unspecified atom stereocenters. The van der Waals surface area contributed by atoms with Crippen LogP contribution in [-0.2, 0) is 32.3 Å². The fourth-order valence-corrected chi connectivity index (χ4v) is 4.24. The highest BCUT2D eigenvalue weighted by atomic mass is 35.5. The molecule has 0 aliphatic heterocycles. The highest BCUT2D eigenvalue weighted by Gasteiger charge is 2.33. The van der Waals surface area contributed by atoms with E-state index in [0.29, 0.717) is 15.9 Å². The van der Waals surface area contributed by atoms with Crippen LogP contribution < -0.4 is 9.62 Å². The number of likely N-dealkylation sites (N-methyl/N-ethyl adjacent to an activating group) is 1. The lowest BCUT2D eigenvalue weighted by Gasteiger charge is -2.31. The Morgan fingerprint density at radius 3 is 2.26 bits per heavy atom. The minimum Gasteiger partial charge on any atom is -0.357 e. The Hall–Kier alpha value is -2.50. The SMILES string of the molecule is CNC(=O)C(C)N(Cc1ccc(Cl)c(Cl)c1)C(=O)CN(c1cccc(C(F)(F)F)c1)S(C)(=O)=O. The molecule has 34 heavy (non-hydrogen) atoms. The molecule has 2 amide bonds. The van der Waals surface area contributed by atoms with Gasteiger partial charge in [-0.1, -0.05) is 35.3 Å². The number of carbonyl (C=O) groups is 2. The number of carbonyl (C=O) groups excluding carboxylic acids is 2. The first kappa shape index (κ1) is 27.7. The van der Waals surface area contributed by atoms with Crippen LogP contribution in [0, 0.1) is 0 Å². The van der Waals surface area contributed by atoms with Crippen LogP contribution in [0.3, 0.4) is 0 Å². The standard InChI is InChI=1S/C21H22Cl2F3N3O4S/c1-13(20(31)27-2)28(11-14-7-8-17(22)18(23)9-14)19(30)12-29(34(3,32)33)16-6-4-5-15(10-16)21(24,25)26/h4-10,13H,11-12H2,1-3H3,(H,27,31). The number of sulfonamides is 1. The minimum atomic E-state index is -4.71. The van der Waals surface area contributed by atoms with Crippen LogP contribution in [0.5, 0.6) is 0 Å². The summed E-state index contributed by atoms with van der Waals surface area (Å²) in [6, 6.07) is 7.15. The topological polar surface area (TPSA) is 86.8 Å². The van der Waals surface area contributed by atoms with Crippen molar-refractivity contribution in [1.29, 1.82) is 0 Å². The number of nitrogens with one attached hydrogen (secondary N) is 1. The van der Waals surface area contributed by atoms with Gasteiger partial charge in [0.2, 0.25) is 21.8 Å². The number of benzene rings is 2. The second-order valence-corrected chi connectivity index (χ2v) is 10.1. The molecule has 0 fully saturated rings. The molecule has 2 aromatic rings. The van der Waals surface area contributed by atoms with Crippen LogP contribution in [-0.4, -0.2) is 51.0 Å². The first-order valence-corrected chi connectivity index (χ1v) is 12.4. The fourth-order valence-electron chi connectivity index (χ4n) is 3.08. The van der Waals surface area contributed by atoms with E-state index in [1.165, 1.54) is 26.1 Å². The predicted molar refractivity (Wildman–Crippen MR) is 124 cm³/mol. The second kappa shape index (κ2) is 10.8. The second-order valence-electron chi connectivity index (χ2n) is 7.38. The summed E-state index contributed by atoms with van der Waals surface area (Å²) in [4.78, 5) is 26.6. The number of nitrogens with zero attached hydrogens (tertiary/aromatic N) is 2. The largest absolute Gasteiger partial charge is 0.416 e. The van der Waals surface area contributed by atoms with Crippen LogP contribution in [0.2, 0.25) is 10.0 Å². The summed E-state index contributed by atoms with van der Waals surface area (Å²) in [5.74, 6) is -1.34. The van der Waals surface area contributed by atoms with E-state index in [2.05, 4.69) is 5.32 Å². The van der Waals surface area contributed by atoms with Gasteiger partial charge in [-0.3, -0.25) is 13.9 Å². The molecule has 2 rings (SSSR count). The maximum Gasteiger partial charge on any atom is 0.416 e. The Morgan fingerprint density at radius 2 is 1.74 bits per heavy atom. The molecule has 186 valence electrons. The lowest BCUT2D eigenvalue weighted by Crippen LogP contribution is -2.50. The highest BCUT2D eigenvalue weighted by Crippen LogP contribution is 2.32. The summed E-state index contributed by atoms with van der Waals surface area (Å²) < 4.78 is 64.8. The van der Waals surface area contributed by atoms with Gasteiger partial charge in [-0.15, -0.1) is 0 Å². The molecule has 13 heteroatoms. The number of rotatable bonds is 8. The zero-order chi connectivity index (χ0) is 25.8. The van der Waals surface area contributed by atoms with E-state index in [4.69, 9.17) is 23.2 Å².